The molecule has 0 bridgehead atoms. The molecular weight excluding hydrogens is 565 g/mol. The van der Waals surface area contributed by atoms with Gasteiger partial charge in [0.2, 0.25) is 5.91 Å². The minimum Gasteiger partial charge on any atom is -0.390 e. The van der Waals surface area contributed by atoms with Crippen LogP contribution in [-0.2, 0) is 14.5 Å². The highest BCUT2D eigenvalue weighted by molar-refractivity contribution is 6.30. The second kappa shape index (κ2) is 20.1. The number of allylic oxidation sites excluding steroid dienone is 11. The van der Waals surface area contributed by atoms with E-state index in [1.165, 1.54) is 12.2 Å². The third-order valence-corrected chi connectivity index (χ3v) is 7.22. The third kappa shape index (κ3) is 14.9. The van der Waals surface area contributed by atoms with Crippen molar-refractivity contribution >= 4 is 23.5 Å². The number of carbonyl (C=O) groups excluding carboxylic acids is 2. The Kier molecular flexibility index (Phi) is 17.8. The molecule has 0 aliphatic heterocycles. The first-order chi connectivity index (χ1) is 19.8. The van der Waals surface area contributed by atoms with E-state index in [4.69, 9.17) is 11.6 Å². The SMILES string of the molecule is CC(/C=C/C=C/C(=O)NC1CCC(C(=O)OF)C1)=C\C=C\C=C(/Cl)C(C)C(O)C(O)C(O)CC(O)/C=C/C=C/C(C)C. The van der Waals surface area contributed by atoms with Gasteiger partial charge in [-0.25, -0.2) is 4.79 Å². The number of amides is 1. The number of carbonyl (C=O) groups is 2. The molecule has 0 aromatic heterocycles. The van der Waals surface area contributed by atoms with Crippen molar-refractivity contribution in [3.8, 4) is 0 Å². The highest BCUT2D eigenvalue weighted by atomic mass is 35.5. The molecule has 42 heavy (non-hydrogen) atoms. The lowest BCUT2D eigenvalue weighted by Gasteiger charge is -2.27. The average Bonchev–Trinajstić information content (AvgIpc) is 3.42. The van der Waals surface area contributed by atoms with Crippen LogP contribution < -0.4 is 5.32 Å². The van der Waals surface area contributed by atoms with E-state index in [1.807, 2.05) is 26.8 Å². The van der Waals surface area contributed by atoms with Gasteiger partial charge in [-0.3, -0.25) is 9.74 Å². The molecule has 0 spiro atoms. The summed E-state index contributed by atoms with van der Waals surface area (Å²) in [6.07, 6.45) is 16.2. The van der Waals surface area contributed by atoms with Crippen LogP contribution in [-0.4, -0.2) is 62.8 Å². The van der Waals surface area contributed by atoms with Crippen LogP contribution in [0.4, 0.5) is 4.53 Å². The number of halogens is 2. The Morgan fingerprint density at radius 1 is 0.929 bits per heavy atom. The number of aliphatic hydroxyl groups is 4. The van der Waals surface area contributed by atoms with Crippen LogP contribution >= 0.6 is 11.6 Å². The van der Waals surface area contributed by atoms with E-state index in [1.54, 1.807) is 61.6 Å². The van der Waals surface area contributed by atoms with E-state index < -0.39 is 42.2 Å². The average molecular weight is 610 g/mol. The van der Waals surface area contributed by atoms with Gasteiger partial charge in [0.05, 0.1) is 24.2 Å². The molecule has 7 unspecified atom stereocenters. The maximum absolute atomic E-state index is 12.0. The molecule has 0 aromatic rings. The van der Waals surface area contributed by atoms with Crippen LogP contribution in [0.25, 0.3) is 0 Å². The van der Waals surface area contributed by atoms with Crippen molar-refractivity contribution in [1.82, 2.24) is 5.32 Å². The zero-order valence-corrected chi connectivity index (χ0v) is 25.4. The Balaban J connectivity index is 2.52. The van der Waals surface area contributed by atoms with Gasteiger partial charge in [0.25, 0.3) is 0 Å². The Morgan fingerprint density at radius 3 is 2.24 bits per heavy atom. The fourth-order valence-corrected chi connectivity index (χ4v) is 4.38. The molecule has 8 nitrogen and oxygen atoms in total. The van der Waals surface area contributed by atoms with Crippen molar-refractivity contribution in [1.29, 1.82) is 0 Å². The summed E-state index contributed by atoms with van der Waals surface area (Å²) in [4.78, 5) is 26.5. The normalized spacial score (nSPS) is 22.5. The van der Waals surface area contributed by atoms with E-state index >= 15 is 0 Å². The Bertz CT molecular complexity index is 1060. The van der Waals surface area contributed by atoms with Crippen molar-refractivity contribution in [3.05, 3.63) is 83.5 Å². The van der Waals surface area contributed by atoms with Crippen LogP contribution in [0.2, 0.25) is 0 Å². The van der Waals surface area contributed by atoms with Gasteiger partial charge < -0.3 is 25.7 Å². The van der Waals surface area contributed by atoms with Gasteiger partial charge in [0.1, 0.15) is 6.10 Å². The molecule has 5 N–H and O–H groups in total. The Morgan fingerprint density at radius 2 is 1.57 bits per heavy atom. The van der Waals surface area contributed by atoms with E-state index in [0.29, 0.717) is 25.2 Å². The van der Waals surface area contributed by atoms with Gasteiger partial charge in [-0.2, -0.15) is 0 Å². The molecule has 1 aliphatic carbocycles. The van der Waals surface area contributed by atoms with Crippen molar-refractivity contribution in [3.63, 3.8) is 0 Å². The smallest absolute Gasteiger partial charge is 0.351 e. The highest BCUT2D eigenvalue weighted by Gasteiger charge is 2.32. The van der Waals surface area contributed by atoms with E-state index in [9.17, 15) is 34.5 Å². The number of nitrogens with one attached hydrogen (secondary N) is 1. The molecule has 1 saturated carbocycles. The predicted molar refractivity (Wildman–Crippen MR) is 163 cm³/mol. The topological polar surface area (TPSA) is 136 Å². The number of aliphatic hydroxyl groups excluding tert-OH is 4. The van der Waals surface area contributed by atoms with Gasteiger partial charge in [-0.15, -0.1) is 0 Å². The molecule has 1 fully saturated rings. The number of hydrogen-bond acceptors (Lipinski definition) is 7. The second-order valence-electron chi connectivity index (χ2n) is 10.8. The zero-order chi connectivity index (χ0) is 31.7. The van der Waals surface area contributed by atoms with Crippen molar-refractivity contribution in [2.24, 2.45) is 17.8 Å². The molecular formula is C32H45ClFNO7. The van der Waals surface area contributed by atoms with Gasteiger partial charge in [0.15, 0.2) is 0 Å². The van der Waals surface area contributed by atoms with Crippen molar-refractivity contribution in [2.75, 3.05) is 0 Å². The molecule has 0 saturated heterocycles. The number of hydrogen-bond donors (Lipinski definition) is 5. The molecule has 0 radical (unpaired) electrons. The molecule has 7 atom stereocenters. The van der Waals surface area contributed by atoms with Crippen LogP contribution in [0.5, 0.6) is 0 Å². The van der Waals surface area contributed by atoms with Gasteiger partial charge >= 0.3 is 5.97 Å². The van der Waals surface area contributed by atoms with Crippen LogP contribution in [0.15, 0.2) is 83.5 Å². The molecule has 1 amide bonds. The minimum absolute atomic E-state index is 0.143. The second-order valence-corrected chi connectivity index (χ2v) is 11.3. The first kappa shape index (κ1) is 37.2. The predicted octanol–water partition coefficient (Wildman–Crippen LogP) is 4.67. The van der Waals surface area contributed by atoms with Gasteiger partial charge in [0, 0.05) is 34.0 Å². The van der Waals surface area contributed by atoms with Gasteiger partial charge in [-0.05, 0) is 38.2 Å². The largest absolute Gasteiger partial charge is 0.390 e. The molecule has 10 heteroatoms. The minimum atomic E-state index is -1.50. The summed E-state index contributed by atoms with van der Waals surface area (Å²) in [6, 6.07) is -0.198. The summed E-state index contributed by atoms with van der Waals surface area (Å²) in [7, 11) is 0. The molecule has 1 rings (SSSR count). The zero-order valence-electron chi connectivity index (χ0n) is 24.6. The first-order valence-electron chi connectivity index (χ1n) is 14.1. The fraction of sp³-hybridized carbons (Fsp3) is 0.500. The summed E-state index contributed by atoms with van der Waals surface area (Å²) in [5.74, 6) is -2.03. The van der Waals surface area contributed by atoms with Crippen LogP contribution in [0.3, 0.4) is 0 Å². The van der Waals surface area contributed by atoms with Crippen LogP contribution in [0.1, 0.15) is 53.4 Å². The van der Waals surface area contributed by atoms with E-state index in [0.717, 1.165) is 5.57 Å². The summed E-state index contributed by atoms with van der Waals surface area (Å²) >= 11 is 6.30. The van der Waals surface area contributed by atoms with Crippen molar-refractivity contribution in [2.45, 2.75) is 83.8 Å². The molecule has 1 aliphatic rings. The highest BCUT2D eigenvalue weighted by Crippen LogP contribution is 2.27. The monoisotopic (exact) mass is 609 g/mol. The van der Waals surface area contributed by atoms with E-state index in [-0.39, 0.29) is 23.4 Å². The summed E-state index contributed by atoms with van der Waals surface area (Å²) in [6.45, 7) is 7.53. The molecule has 0 heterocycles. The quantitative estimate of drug-likeness (QED) is 0.127. The van der Waals surface area contributed by atoms with Crippen LogP contribution in [0, 0.1) is 17.8 Å². The van der Waals surface area contributed by atoms with E-state index in [2.05, 4.69) is 10.3 Å². The molecule has 0 aromatic carbocycles. The Labute approximate surface area is 253 Å². The first-order valence-corrected chi connectivity index (χ1v) is 14.5. The maximum Gasteiger partial charge on any atom is 0.351 e. The fourth-order valence-electron chi connectivity index (χ4n) is 4.18. The van der Waals surface area contributed by atoms with Gasteiger partial charge in [-0.1, -0.05) is 98.7 Å². The lowest BCUT2D eigenvalue weighted by atomic mass is 9.93. The summed E-state index contributed by atoms with van der Waals surface area (Å²) < 4.78 is 12.0. The summed E-state index contributed by atoms with van der Waals surface area (Å²) in [5.41, 5.74) is 0.878. The number of rotatable bonds is 16. The molecule has 234 valence electrons. The lowest BCUT2D eigenvalue weighted by molar-refractivity contribution is -0.188. The standard InChI is InChI=1S/C32H45ClFNO7/c1-21(2)11-5-8-14-26(36)20-28(37)31(40)30(39)23(4)27(33)15-9-6-12-22(3)13-7-10-16-29(38)35-25-18-17-24(19-25)32(41)42-34/h5-16,21,23-26,28,30-31,36-37,39-40H,17-20H2,1-4H3,(H,35,38)/b9-6+,11-5+,13-7+,14-8+,16-10+,22-12+,27-15-. The maximum atomic E-state index is 12.0. The third-order valence-electron chi connectivity index (χ3n) is 6.75. The summed E-state index contributed by atoms with van der Waals surface area (Å²) in [5, 5.41) is 44.2. The van der Waals surface area contributed by atoms with Crippen molar-refractivity contribution < 1.29 is 39.5 Å². The Hall–Kier alpha value is -2.82. The lowest BCUT2D eigenvalue weighted by Crippen LogP contribution is -2.42.